The van der Waals surface area contributed by atoms with Gasteiger partial charge in [-0.1, -0.05) is 15.9 Å². The number of carbonyl (C=O) groups excluding carboxylic acids is 1. The van der Waals surface area contributed by atoms with Crippen molar-refractivity contribution < 1.29 is 23.0 Å². The highest BCUT2D eigenvalue weighted by atomic mass is 79.9. The molecule has 17 heavy (non-hydrogen) atoms. The minimum absolute atomic E-state index is 0.105. The van der Waals surface area contributed by atoms with E-state index < -0.39 is 18.0 Å². The van der Waals surface area contributed by atoms with Crippen molar-refractivity contribution in [3.8, 4) is 5.75 Å². The maximum absolute atomic E-state index is 12.7. The van der Waals surface area contributed by atoms with Gasteiger partial charge in [0.15, 0.2) is 6.10 Å². The lowest BCUT2D eigenvalue weighted by Gasteiger charge is -2.10. The highest BCUT2D eigenvalue weighted by molar-refractivity contribution is 9.10. The Labute approximate surface area is 105 Å². The van der Waals surface area contributed by atoms with E-state index in [1.807, 2.05) is 0 Å². The van der Waals surface area contributed by atoms with Crippen molar-refractivity contribution in [3.05, 3.63) is 28.2 Å². The van der Waals surface area contributed by atoms with Gasteiger partial charge in [-0.25, -0.2) is 13.6 Å². The highest BCUT2D eigenvalue weighted by Gasteiger charge is 2.60. The van der Waals surface area contributed by atoms with E-state index >= 15 is 0 Å². The van der Waals surface area contributed by atoms with Gasteiger partial charge in [0.2, 0.25) is 0 Å². The number of rotatable bonds is 3. The van der Waals surface area contributed by atoms with Crippen LogP contribution in [0.4, 0.5) is 8.78 Å². The summed E-state index contributed by atoms with van der Waals surface area (Å²) in [7, 11) is 1.22. The predicted octanol–water partition coefficient (Wildman–Crippen LogP) is 3.02. The quantitative estimate of drug-likeness (QED) is 0.805. The SMILES string of the molecule is COC(=O)c1ccc(Br)cc1OC1CC1(F)F. The second kappa shape index (κ2) is 4.25. The molecule has 2 rings (SSSR count). The van der Waals surface area contributed by atoms with E-state index in [0.717, 1.165) is 0 Å². The van der Waals surface area contributed by atoms with Gasteiger partial charge in [-0.05, 0) is 18.2 Å². The smallest absolute Gasteiger partial charge is 0.341 e. The van der Waals surface area contributed by atoms with Crippen molar-refractivity contribution >= 4 is 21.9 Å². The van der Waals surface area contributed by atoms with E-state index in [2.05, 4.69) is 20.7 Å². The molecule has 92 valence electrons. The lowest BCUT2D eigenvalue weighted by Crippen LogP contribution is -2.11. The van der Waals surface area contributed by atoms with Crippen LogP contribution in [0.15, 0.2) is 22.7 Å². The number of carbonyl (C=O) groups is 1. The second-order valence-electron chi connectivity index (χ2n) is 3.70. The number of benzene rings is 1. The van der Waals surface area contributed by atoms with Gasteiger partial charge in [-0.15, -0.1) is 0 Å². The van der Waals surface area contributed by atoms with Crippen molar-refractivity contribution in [1.29, 1.82) is 0 Å². The summed E-state index contributed by atoms with van der Waals surface area (Å²) in [5.74, 6) is -3.31. The van der Waals surface area contributed by atoms with Crippen LogP contribution in [0.1, 0.15) is 16.8 Å². The molecule has 0 amide bonds. The Kier molecular flexibility index (Phi) is 3.07. The summed E-state index contributed by atoms with van der Waals surface area (Å²) in [5, 5.41) is 0. The lowest BCUT2D eigenvalue weighted by molar-refractivity contribution is 0.0561. The molecule has 1 unspecified atom stereocenters. The summed E-state index contributed by atoms with van der Waals surface area (Å²) in [4.78, 5) is 11.4. The van der Waals surface area contributed by atoms with E-state index in [0.29, 0.717) is 4.47 Å². The fourth-order valence-electron chi connectivity index (χ4n) is 1.34. The first-order valence-corrected chi connectivity index (χ1v) is 5.65. The fraction of sp³-hybridized carbons (Fsp3) is 0.364. The number of halogens is 3. The largest absolute Gasteiger partial charge is 0.483 e. The molecule has 0 saturated heterocycles. The zero-order valence-corrected chi connectivity index (χ0v) is 10.5. The number of ether oxygens (including phenoxy) is 2. The van der Waals surface area contributed by atoms with E-state index in [-0.39, 0.29) is 17.7 Å². The molecule has 1 atom stereocenters. The third-order valence-electron chi connectivity index (χ3n) is 2.39. The standard InChI is InChI=1S/C11H9BrF2O3/c1-16-10(15)7-3-2-6(12)4-8(7)17-9-5-11(9,13)14/h2-4,9H,5H2,1H3. The van der Waals surface area contributed by atoms with Crippen LogP contribution in [0.3, 0.4) is 0 Å². The van der Waals surface area contributed by atoms with Crippen molar-refractivity contribution in [1.82, 2.24) is 0 Å². The average Bonchev–Trinajstić information content (AvgIpc) is 2.85. The normalized spacial score (nSPS) is 20.8. The molecule has 1 aromatic rings. The lowest BCUT2D eigenvalue weighted by atomic mass is 10.2. The minimum atomic E-state index is -2.80. The monoisotopic (exact) mass is 306 g/mol. The third-order valence-corrected chi connectivity index (χ3v) is 2.88. The molecular formula is C11H9BrF2O3. The molecule has 0 radical (unpaired) electrons. The van der Waals surface area contributed by atoms with Crippen LogP contribution < -0.4 is 4.74 Å². The fourth-order valence-corrected chi connectivity index (χ4v) is 1.68. The molecule has 0 N–H and O–H groups in total. The topological polar surface area (TPSA) is 35.5 Å². The predicted molar refractivity (Wildman–Crippen MR) is 59.5 cm³/mol. The van der Waals surface area contributed by atoms with Crippen LogP contribution in [0, 0.1) is 0 Å². The van der Waals surface area contributed by atoms with Gasteiger partial charge in [-0.2, -0.15) is 0 Å². The Hall–Kier alpha value is -1.17. The molecule has 6 heteroatoms. The zero-order chi connectivity index (χ0) is 12.6. The molecule has 1 fully saturated rings. The highest BCUT2D eigenvalue weighted by Crippen LogP contribution is 2.45. The van der Waals surface area contributed by atoms with E-state index in [1.54, 1.807) is 6.07 Å². The van der Waals surface area contributed by atoms with Gasteiger partial charge in [0.05, 0.1) is 13.5 Å². The molecule has 0 aromatic heterocycles. The number of hydrogen-bond acceptors (Lipinski definition) is 3. The summed E-state index contributed by atoms with van der Waals surface area (Å²) in [6.45, 7) is 0. The Morgan fingerprint density at radius 1 is 1.53 bits per heavy atom. The maximum atomic E-state index is 12.7. The van der Waals surface area contributed by atoms with Crippen LogP contribution in [-0.2, 0) is 4.74 Å². The van der Waals surface area contributed by atoms with Crippen LogP contribution in [0.25, 0.3) is 0 Å². The molecule has 1 aliphatic rings. The first kappa shape index (κ1) is 12.3. The van der Waals surface area contributed by atoms with Crippen LogP contribution in [-0.4, -0.2) is 25.1 Å². The Morgan fingerprint density at radius 3 is 2.71 bits per heavy atom. The van der Waals surface area contributed by atoms with E-state index in [9.17, 15) is 13.6 Å². The Bertz CT molecular complexity index is 462. The average molecular weight is 307 g/mol. The molecular weight excluding hydrogens is 298 g/mol. The Morgan fingerprint density at radius 2 is 2.18 bits per heavy atom. The molecule has 0 heterocycles. The van der Waals surface area contributed by atoms with Gasteiger partial charge in [0.1, 0.15) is 11.3 Å². The summed E-state index contributed by atoms with van der Waals surface area (Å²) in [5.41, 5.74) is 0.137. The third kappa shape index (κ3) is 2.57. The first-order chi connectivity index (χ1) is 7.94. The summed E-state index contributed by atoms with van der Waals surface area (Å²) in [6, 6.07) is 4.55. The van der Waals surface area contributed by atoms with Gasteiger partial charge in [0, 0.05) is 4.47 Å². The second-order valence-corrected chi connectivity index (χ2v) is 4.62. The van der Waals surface area contributed by atoms with Crippen molar-refractivity contribution in [2.75, 3.05) is 7.11 Å². The minimum Gasteiger partial charge on any atom is -0.483 e. The number of alkyl halides is 2. The van der Waals surface area contributed by atoms with Crippen molar-refractivity contribution in [3.63, 3.8) is 0 Å². The van der Waals surface area contributed by atoms with Crippen molar-refractivity contribution in [2.45, 2.75) is 18.4 Å². The molecule has 1 saturated carbocycles. The van der Waals surface area contributed by atoms with Crippen LogP contribution in [0.5, 0.6) is 5.75 Å². The summed E-state index contributed by atoms with van der Waals surface area (Å²) in [6.07, 6.45) is -1.47. The van der Waals surface area contributed by atoms with E-state index in [1.165, 1.54) is 19.2 Å². The number of methoxy groups -OCH3 is 1. The van der Waals surface area contributed by atoms with E-state index in [4.69, 9.17) is 4.74 Å². The number of hydrogen-bond donors (Lipinski definition) is 0. The summed E-state index contributed by atoms with van der Waals surface area (Å²) < 4.78 is 35.8. The van der Waals surface area contributed by atoms with Gasteiger partial charge < -0.3 is 9.47 Å². The molecule has 0 spiro atoms. The number of esters is 1. The maximum Gasteiger partial charge on any atom is 0.341 e. The first-order valence-electron chi connectivity index (χ1n) is 4.86. The van der Waals surface area contributed by atoms with Gasteiger partial charge >= 0.3 is 5.97 Å². The van der Waals surface area contributed by atoms with Crippen LogP contribution in [0.2, 0.25) is 0 Å². The molecule has 3 nitrogen and oxygen atoms in total. The molecule has 0 bridgehead atoms. The van der Waals surface area contributed by atoms with Gasteiger partial charge in [-0.3, -0.25) is 0 Å². The molecule has 0 aliphatic heterocycles. The van der Waals surface area contributed by atoms with Crippen molar-refractivity contribution in [2.24, 2.45) is 0 Å². The van der Waals surface area contributed by atoms with Gasteiger partial charge in [0.25, 0.3) is 5.92 Å². The molecule has 1 aliphatic carbocycles. The summed E-state index contributed by atoms with van der Waals surface area (Å²) >= 11 is 3.19. The van der Waals surface area contributed by atoms with Crippen LogP contribution >= 0.6 is 15.9 Å². The Balaban J connectivity index is 2.25. The zero-order valence-electron chi connectivity index (χ0n) is 8.88. The molecule has 1 aromatic carbocycles.